The summed E-state index contributed by atoms with van der Waals surface area (Å²) in [6, 6.07) is 40.7. The normalized spacial score (nSPS) is 9.78. The van der Waals surface area contributed by atoms with Crippen molar-refractivity contribution in [2.24, 2.45) is 0 Å². The summed E-state index contributed by atoms with van der Waals surface area (Å²) in [5, 5.41) is 0. The fourth-order valence-corrected chi connectivity index (χ4v) is 3.12. The first-order chi connectivity index (χ1) is 15.3. The van der Waals surface area contributed by atoms with Gasteiger partial charge in [-0.2, -0.15) is 0 Å². The second-order valence-electron chi connectivity index (χ2n) is 7.07. The first kappa shape index (κ1) is 23.3. The maximum atomic E-state index is 4.40. The number of rotatable bonds is 3. The van der Waals surface area contributed by atoms with Crippen molar-refractivity contribution in [1.29, 1.82) is 0 Å². The maximum absolute atomic E-state index is 4.40. The first-order valence-corrected chi connectivity index (χ1v) is 10.2. The second-order valence-corrected chi connectivity index (χ2v) is 7.07. The summed E-state index contributed by atoms with van der Waals surface area (Å²) in [6.45, 7) is 2.05. The van der Waals surface area contributed by atoms with Gasteiger partial charge in [0.15, 0.2) is 0 Å². The number of aryl methyl sites for hydroxylation is 1. The van der Waals surface area contributed by atoms with Gasteiger partial charge in [-0.1, -0.05) is 55.5 Å². The van der Waals surface area contributed by atoms with Crippen molar-refractivity contribution in [2.45, 2.75) is 6.92 Å². The Bertz CT molecular complexity index is 1150. The largest absolute Gasteiger partial charge is 0.305 e. The Kier molecular flexibility index (Phi) is 8.62. The third-order valence-corrected chi connectivity index (χ3v) is 4.76. The van der Waals surface area contributed by atoms with Gasteiger partial charge in [0.2, 0.25) is 0 Å². The van der Waals surface area contributed by atoms with Crippen LogP contribution in [-0.2, 0) is 20.1 Å². The van der Waals surface area contributed by atoms with Crippen molar-refractivity contribution in [3.63, 3.8) is 0 Å². The van der Waals surface area contributed by atoms with E-state index in [-0.39, 0.29) is 20.1 Å². The molecule has 5 rings (SSSR count). The zero-order valence-corrected chi connectivity index (χ0v) is 20.1. The van der Waals surface area contributed by atoms with Gasteiger partial charge in [0.1, 0.15) is 0 Å². The van der Waals surface area contributed by atoms with Crippen molar-refractivity contribution in [3.05, 3.63) is 133 Å². The minimum Gasteiger partial charge on any atom is -0.305 e. The molecule has 5 aromatic rings. The molecule has 3 heteroatoms. The van der Waals surface area contributed by atoms with Gasteiger partial charge in [0.05, 0.1) is 0 Å². The van der Waals surface area contributed by atoms with Gasteiger partial charge in [-0.25, -0.2) is 0 Å². The predicted octanol–water partition coefficient (Wildman–Crippen LogP) is 7.07. The molecule has 0 unspecified atom stereocenters. The second kappa shape index (κ2) is 11.9. The van der Waals surface area contributed by atoms with E-state index < -0.39 is 0 Å². The van der Waals surface area contributed by atoms with Gasteiger partial charge >= 0.3 is 0 Å². The number of benzene rings is 3. The third kappa shape index (κ3) is 6.31. The van der Waals surface area contributed by atoms with E-state index in [2.05, 4.69) is 53.3 Å². The van der Waals surface area contributed by atoms with E-state index in [4.69, 9.17) is 0 Å². The molecular formula is C29H22IrN2-2. The summed E-state index contributed by atoms with van der Waals surface area (Å²) in [7, 11) is 0. The number of pyridine rings is 2. The molecule has 0 spiro atoms. The number of hydrogen-bond donors (Lipinski definition) is 0. The van der Waals surface area contributed by atoms with Crippen molar-refractivity contribution >= 4 is 0 Å². The predicted molar refractivity (Wildman–Crippen MR) is 127 cm³/mol. The van der Waals surface area contributed by atoms with Crippen LogP contribution < -0.4 is 0 Å². The molecule has 0 atom stereocenters. The van der Waals surface area contributed by atoms with Crippen molar-refractivity contribution in [3.8, 4) is 33.6 Å². The maximum Gasteiger partial charge on any atom is 0.0166 e. The summed E-state index contributed by atoms with van der Waals surface area (Å²) in [4.78, 5) is 8.65. The minimum absolute atomic E-state index is 0. The van der Waals surface area contributed by atoms with E-state index in [1.54, 1.807) is 6.20 Å². The summed E-state index contributed by atoms with van der Waals surface area (Å²) < 4.78 is 0. The summed E-state index contributed by atoms with van der Waals surface area (Å²) in [6.07, 6.45) is 3.64. The standard InChI is InChI=1S/C17H12N.C12H10N.Ir/c1-3-7-14(8-4-1)16-11-12-18-17(13-16)15-9-5-2-6-10-15;1-10-5-7-11(8-6-10)12-4-2-3-9-13-12;/h1-9,11-13H;2-7,9H,1H3;/q2*-1;. The Morgan fingerprint density at radius 3 is 2.03 bits per heavy atom. The molecule has 2 nitrogen and oxygen atoms in total. The quantitative estimate of drug-likeness (QED) is 0.210. The van der Waals surface area contributed by atoms with Gasteiger partial charge in [-0.3, -0.25) is 0 Å². The first-order valence-electron chi connectivity index (χ1n) is 10.2. The van der Waals surface area contributed by atoms with Crippen molar-refractivity contribution in [2.75, 3.05) is 0 Å². The summed E-state index contributed by atoms with van der Waals surface area (Å²) in [5.74, 6) is 0. The van der Waals surface area contributed by atoms with Crippen LogP contribution >= 0.6 is 0 Å². The number of hydrogen-bond acceptors (Lipinski definition) is 2. The third-order valence-electron chi connectivity index (χ3n) is 4.76. The zero-order chi connectivity index (χ0) is 21.3. The average Bonchev–Trinajstić information content (AvgIpc) is 2.87. The zero-order valence-electron chi connectivity index (χ0n) is 17.7. The van der Waals surface area contributed by atoms with Gasteiger partial charge in [-0.15, -0.1) is 71.3 Å². The molecule has 0 N–H and O–H groups in total. The van der Waals surface area contributed by atoms with Crippen molar-refractivity contribution < 1.29 is 20.1 Å². The van der Waals surface area contributed by atoms with Gasteiger partial charge in [0, 0.05) is 32.5 Å². The van der Waals surface area contributed by atoms with E-state index in [0.29, 0.717) is 0 Å². The Balaban J connectivity index is 0.000000184. The number of nitrogens with zero attached hydrogens (tertiary/aromatic N) is 2. The van der Waals surface area contributed by atoms with Crippen LogP contribution in [0.15, 0.2) is 116 Å². The van der Waals surface area contributed by atoms with Crippen LogP contribution in [-0.4, -0.2) is 9.97 Å². The van der Waals surface area contributed by atoms with E-state index in [1.807, 2.05) is 85.1 Å². The topological polar surface area (TPSA) is 25.8 Å². The van der Waals surface area contributed by atoms with E-state index >= 15 is 0 Å². The summed E-state index contributed by atoms with van der Waals surface area (Å²) >= 11 is 0. The molecule has 0 saturated heterocycles. The molecule has 0 aliphatic rings. The molecule has 32 heavy (non-hydrogen) atoms. The Hall–Kier alpha value is -3.39. The molecule has 3 aromatic carbocycles. The van der Waals surface area contributed by atoms with Gasteiger partial charge < -0.3 is 9.97 Å². The monoisotopic (exact) mass is 591 g/mol. The molecule has 1 radical (unpaired) electrons. The minimum atomic E-state index is 0. The Morgan fingerprint density at radius 1 is 0.594 bits per heavy atom. The van der Waals surface area contributed by atoms with E-state index in [1.165, 1.54) is 16.7 Å². The van der Waals surface area contributed by atoms with Gasteiger partial charge in [0.25, 0.3) is 0 Å². The average molecular weight is 591 g/mol. The fraction of sp³-hybridized carbons (Fsp3) is 0.0345. The Labute approximate surface area is 203 Å². The molecule has 0 saturated carbocycles. The van der Waals surface area contributed by atoms with Crippen LogP contribution in [0, 0.1) is 19.1 Å². The smallest absolute Gasteiger partial charge is 0.0166 e. The van der Waals surface area contributed by atoms with Gasteiger partial charge in [-0.05, 0) is 34.6 Å². The van der Waals surface area contributed by atoms with Crippen molar-refractivity contribution in [1.82, 2.24) is 9.97 Å². The molecule has 0 amide bonds. The van der Waals surface area contributed by atoms with Crippen LogP contribution in [0.1, 0.15) is 5.56 Å². The Morgan fingerprint density at radius 2 is 1.34 bits per heavy atom. The molecule has 0 aliphatic heterocycles. The fourth-order valence-electron chi connectivity index (χ4n) is 3.12. The molecule has 2 aromatic heterocycles. The van der Waals surface area contributed by atoms with Crippen LogP contribution in [0.2, 0.25) is 0 Å². The van der Waals surface area contributed by atoms with Crippen LogP contribution in [0.25, 0.3) is 33.6 Å². The van der Waals surface area contributed by atoms with E-state index in [0.717, 1.165) is 22.5 Å². The van der Waals surface area contributed by atoms with Crippen LogP contribution in [0.4, 0.5) is 0 Å². The molecule has 0 aliphatic carbocycles. The molecule has 0 fully saturated rings. The molecule has 2 heterocycles. The number of aromatic nitrogens is 2. The molecule has 0 bridgehead atoms. The molecular weight excluding hydrogens is 569 g/mol. The van der Waals surface area contributed by atoms with Crippen LogP contribution in [0.5, 0.6) is 0 Å². The SMILES string of the molecule is Cc1c[c-]c(-c2ccccn2)cc1.[Ir].[c-]1ccccc1-c1cc(-c2ccccc2)ccn1. The van der Waals surface area contributed by atoms with E-state index in [9.17, 15) is 0 Å². The van der Waals surface area contributed by atoms with Crippen LogP contribution in [0.3, 0.4) is 0 Å². The molecule has 159 valence electrons. The summed E-state index contributed by atoms with van der Waals surface area (Å²) in [5.41, 5.74) is 7.61.